The largest absolute Gasteiger partial charge is 0.489 e. The number of benzene rings is 2. The van der Waals surface area contributed by atoms with Gasteiger partial charge in [0.25, 0.3) is 5.91 Å². The van der Waals surface area contributed by atoms with Gasteiger partial charge in [0.1, 0.15) is 12.4 Å². The molecule has 9 heteroatoms. The van der Waals surface area contributed by atoms with Crippen molar-refractivity contribution in [3.8, 4) is 22.6 Å². The van der Waals surface area contributed by atoms with Crippen LogP contribution in [0.1, 0.15) is 16.1 Å². The molecule has 2 heterocycles. The van der Waals surface area contributed by atoms with Crippen LogP contribution in [0, 0.1) is 0 Å². The third-order valence-corrected chi connectivity index (χ3v) is 4.66. The summed E-state index contributed by atoms with van der Waals surface area (Å²) in [6, 6.07) is 18.3. The second kappa shape index (κ2) is 9.00. The first kappa shape index (κ1) is 20.6. The summed E-state index contributed by atoms with van der Waals surface area (Å²) in [5, 5.41) is 6.50. The molecular formula is C23H20N6O3. The first-order valence-electron chi connectivity index (χ1n) is 9.68. The van der Waals surface area contributed by atoms with Gasteiger partial charge in [-0.2, -0.15) is 5.10 Å². The van der Waals surface area contributed by atoms with E-state index in [9.17, 15) is 9.59 Å². The minimum Gasteiger partial charge on any atom is -0.489 e. The maximum atomic E-state index is 11.6. The van der Waals surface area contributed by atoms with Crippen LogP contribution in [0.5, 0.6) is 5.75 Å². The molecule has 4 aromatic rings. The second-order valence-corrected chi connectivity index (χ2v) is 6.91. The lowest BCUT2D eigenvalue weighted by Crippen LogP contribution is -2.22. The quantitative estimate of drug-likeness (QED) is 0.415. The van der Waals surface area contributed by atoms with Crippen molar-refractivity contribution in [3.05, 3.63) is 90.5 Å². The van der Waals surface area contributed by atoms with Gasteiger partial charge in [-0.05, 0) is 53.1 Å². The molecule has 0 unspecified atom stereocenters. The SMILES string of the molecule is NC(=O)Nc1cn(-c2ccc(-c3cccc(OCc4ccncc4)c3)cc2)nc1C(N)=O. The van der Waals surface area contributed by atoms with Crippen molar-refractivity contribution in [1.29, 1.82) is 0 Å². The molecule has 0 aliphatic rings. The predicted octanol–water partition coefficient (Wildman–Crippen LogP) is 3.10. The van der Waals surface area contributed by atoms with Crippen LogP contribution < -0.4 is 21.5 Å². The van der Waals surface area contributed by atoms with E-state index in [2.05, 4.69) is 15.4 Å². The molecule has 4 rings (SSSR count). The lowest BCUT2D eigenvalue weighted by atomic mass is 10.1. The van der Waals surface area contributed by atoms with Crippen LogP contribution in [0.2, 0.25) is 0 Å². The zero-order chi connectivity index (χ0) is 22.5. The summed E-state index contributed by atoms with van der Waals surface area (Å²) < 4.78 is 7.33. The van der Waals surface area contributed by atoms with Crippen molar-refractivity contribution in [3.63, 3.8) is 0 Å². The summed E-state index contributed by atoms with van der Waals surface area (Å²) in [4.78, 5) is 26.8. The van der Waals surface area contributed by atoms with E-state index in [-0.39, 0.29) is 11.4 Å². The summed E-state index contributed by atoms with van der Waals surface area (Å²) in [5.41, 5.74) is 14.2. The van der Waals surface area contributed by atoms with Crippen LogP contribution in [0.15, 0.2) is 79.3 Å². The number of carbonyl (C=O) groups excluding carboxylic acids is 2. The van der Waals surface area contributed by atoms with Crippen molar-refractivity contribution in [2.45, 2.75) is 6.61 Å². The molecule has 0 spiro atoms. The highest BCUT2D eigenvalue weighted by molar-refractivity contribution is 6.00. The zero-order valence-electron chi connectivity index (χ0n) is 16.9. The number of hydrogen-bond donors (Lipinski definition) is 3. The van der Waals surface area contributed by atoms with Gasteiger partial charge in [-0.25, -0.2) is 9.48 Å². The van der Waals surface area contributed by atoms with Gasteiger partial charge >= 0.3 is 6.03 Å². The van der Waals surface area contributed by atoms with Crippen LogP contribution in [0.25, 0.3) is 16.8 Å². The maximum absolute atomic E-state index is 11.6. The number of carbonyl (C=O) groups is 2. The topological polar surface area (TPSA) is 138 Å². The number of aromatic nitrogens is 3. The molecule has 0 atom stereocenters. The van der Waals surface area contributed by atoms with Gasteiger partial charge in [0, 0.05) is 12.4 Å². The Hall–Kier alpha value is -4.66. The average Bonchev–Trinajstić information content (AvgIpc) is 3.22. The lowest BCUT2D eigenvalue weighted by molar-refractivity contribution is 0.0996. The van der Waals surface area contributed by atoms with Crippen molar-refractivity contribution in [1.82, 2.24) is 14.8 Å². The first-order valence-corrected chi connectivity index (χ1v) is 9.68. The van der Waals surface area contributed by atoms with Crippen LogP contribution in [0.4, 0.5) is 10.5 Å². The summed E-state index contributed by atoms with van der Waals surface area (Å²) >= 11 is 0. The number of nitrogens with zero attached hydrogens (tertiary/aromatic N) is 3. The molecule has 2 aromatic heterocycles. The van der Waals surface area contributed by atoms with Crippen molar-refractivity contribution >= 4 is 17.6 Å². The molecule has 3 amide bonds. The number of primary amides is 2. The molecule has 0 fully saturated rings. The fraction of sp³-hybridized carbons (Fsp3) is 0.0435. The molecule has 9 nitrogen and oxygen atoms in total. The van der Waals surface area contributed by atoms with Crippen molar-refractivity contribution in [2.75, 3.05) is 5.32 Å². The Morgan fingerprint density at radius 3 is 2.41 bits per heavy atom. The van der Waals surface area contributed by atoms with Crippen LogP contribution in [-0.4, -0.2) is 26.7 Å². The van der Waals surface area contributed by atoms with Gasteiger partial charge in [0.2, 0.25) is 0 Å². The number of pyridine rings is 1. The fourth-order valence-corrected chi connectivity index (χ4v) is 3.13. The monoisotopic (exact) mass is 428 g/mol. The Morgan fingerprint density at radius 1 is 0.969 bits per heavy atom. The minimum absolute atomic E-state index is 0.0769. The normalized spacial score (nSPS) is 10.5. The standard InChI is InChI=1S/C23H20N6O3/c24-22(30)21-20(27-23(25)31)13-29(28-21)18-6-4-16(5-7-18)17-2-1-3-19(12-17)32-14-15-8-10-26-11-9-15/h1-13H,14H2,(H2,24,30)(H3,25,27,31). The maximum Gasteiger partial charge on any atom is 0.316 e. The zero-order valence-corrected chi connectivity index (χ0v) is 16.9. The van der Waals surface area contributed by atoms with Gasteiger partial charge in [0.05, 0.1) is 17.6 Å². The fourth-order valence-electron chi connectivity index (χ4n) is 3.13. The highest BCUT2D eigenvalue weighted by Crippen LogP contribution is 2.26. The van der Waals surface area contributed by atoms with Gasteiger partial charge in [-0.15, -0.1) is 0 Å². The van der Waals surface area contributed by atoms with Crippen LogP contribution >= 0.6 is 0 Å². The molecule has 32 heavy (non-hydrogen) atoms. The molecule has 0 aliphatic heterocycles. The van der Waals surface area contributed by atoms with E-state index < -0.39 is 11.9 Å². The van der Waals surface area contributed by atoms with Gasteiger partial charge in [0.15, 0.2) is 5.69 Å². The third kappa shape index (κ3) is 4.73. The van der Waals surface area contributed by atoms with Crippen molar-refractivity contribution < 1.29 is 14.3 Å². The van der Waals surface area contributed by atoms with E-state index in [0.29, 0.717) is 12.3 Å². The van der Waals surface area contributed by atoms with Gasteiger partial charge in [-0.3, -0.25) is 9.78 Å². The second-order valence-electron chi connectivity index (χ2n) is 6.91. The first-order chi connectivity index (χ1) is 15.5. The van der Waals surface area contributed by atoms with Crippen LogP contribution in [-0.2, 0) is 6.61 Å². The van der Waals surface area contributed by atoms with E-state index in [1.807, 2.05) is 60.7 Å². The highest BCUT2D eigenvalue weighted by Gasteiger charge is 2.16. The summed E-state index contributed by atoms with van der Waals surface area (Å²) in [7, 11) is 0. The number of nitrogens with two attached hydrogens (primary N) is 2. The molecule has 0 bridgehead atoms. The Bertz CT molecular complexity index is 1250. The minimum atomic E-state index is -0.812. The Labute approximate surface area is 183 Å². The van der Waals surface area contributed by atoms with Gasteiger partial charge in [-0.1, -0.05) is 24.3 Å². The predicted molar refractivity (Wildman–Crippen MR) is 119 cm³/mol. The summed E-state index contributed by atoms with van der Waals surface area (Å²) in [6.45, 7) is 0.452. The summed E-state index contributed by atoms with van der Waals surface area (Å²) in [6.07, 6.45) is 4.94. The molecule has 0 saturated heterocycles. The number of hydrogen-bond acceptors (Lipinski definition) is 5. The van der Waals surface area contributed by atoms with E-state index >= 15 is 0 Å². The Kier molecular flexibility index (Phi) is 5.80. The highest BCUT2D eigenvalue weighted by atomic mass is 16.5. The molecule has 0 aliphatic carbocycles. The number of rotatable bonds is 7. The number of ether oxygens (including phenoxy) is 1. The van der Waals surface area contributed by atoms with Gasteiger partial charge < -0.3 is 21.5 Å². The lowest BCUT2D eigenvalue weighted by Gasteiger charge is -2.09. The van der Waals surface area contributed by atoms with E-state index in [0.717, 1.165) is 22.4 Å². The van der Waals surface area contributed by atoms with E-state index in [4.69, 9.17) is 16.2 Å². The third-order valence-electron chi connectivity index (χ3n) is 4.66. The molecule has 160 valence electrons. The van der Waals surface area contributed by atoms with Crippen molar-refractivity contribution in [2.24, 2.45) is 11.5 Å². The molecular weight excluding hydrogens is 408 g/mol. The number of amides is 3. The number of nitrogens with one attached hydrogen (secondary N) is 1. The van der Waals surface area contributed by atoms with E-state index in [1.54, 1.807) is 12.4 Å². The number of anilines is 1. The molecule has 2 aromatic carbocycles. The smallest absolute Gasteiger partial charge is 0.316 e. The molecule has 5 N–H and O–H groups in total. The summed E-state index contributed by atoms with van der Waals surface area (Å²) in [5.74, 6) is -0.0172. The Morgan fingerprint density at radius 2 is 1.72 bits per heavy atom. The van der Waals surface area contributed by atoms with Crippen LogP contribution in [0.3, 0.4) is 0 Å². The van der Waals surface area contributed by atoms with E-state index in [1.165, 1.54) is 10.9 Å². The molecule has 0 saturated carbocycles. The Balaban J connectivity index is 1.53. The number of urea groups is 1. The molecule has 0 radical (unpaired) electrons. The average molecular weight is 428 g/mol.